The molecule has 7 rings (SSSR count). The van der Waals surface area contributed by atoms with Crippen LogP contribution in [0.5, 0.6) is 0 Å². The number of nitrogens with one attached hydrogen (secondary N) is 1. The lowest BCUT2D eigenvalue weighted by molar-refractivity contribution is -0.946. The van der Waals surface area contributed by atoms with E-state index in [4.69, 9.17) is 9.47 Å². The van der Waals surface area contributed by atoms with E-state index in [2.05, 4.69) is 36.6 Å². The number of likely N-dealkylation sites (N-methyl/N-ethyl adjacent to an activating group) is 1. The van der Waals surface area contributed by atoms with Crippen LogP contribution in [0.1, 0.15) is 43.2 Å². The molecule has 0 aromatic heterocycles. The summed E-state index contributed by atoms with van der Waals surface area (Å²) in [6.07, 6.45) is 2.07. The molecule has 3 unspecified atom stereocenters. The molecule has 2 N–H and O–H groups in total. The van der Waals surface area contributed by atoms with Crippen molar-refractivity contribution in [2.45, 2.75) is 62.6 Å². The number of quaternary nitrogens is 1. The van der Waals surface area contributed by atoms with Gasteiger partial charge in [-0.15, -0.1) is 0 Å². The Morgan fingerprint density at radius 2 is 1.84 bits per heavy atom. The van der Waals surface area contributed by atoms with Crippen LogP contribution in [0.15, 0.2) is 89.4 Å². The van der Waals surface area contributed by atoms with Crippen molar-refractivity contribution in [3.8, 4) is 0 Å². The predicted octanol–water partition coefficient (Wildman–Crippen LogP) is 6.47. The average molecular weight is 622 g/mol. The molecule has 2 heterocycles. The Morgan fingerprint density at radius 3 is 2.53 bits per heavy atom. The highest BCUT2D eigenvalue weighted by Gasteiger charge is 2.77. The van der Waals surface area contributed by atoms with Crippen molar-refractivity contribution in [1.82, 2.24) is 5.32 Å². The summed E-state index contributed by atoms with van der Waals surface area (Å²) < 4.78 is 56.9. The van der Waals surface area contributed by atoms with E-state index in [0.29, 0.717) is 6.42 Å². The van der Waals surface area contributed by atoms with E-state index in [9.17, 15) is 23.1 Å². The number of halogens is 3. The molecule has 2 aromatic rings. The molecule has 2 bridgehead atoms. The monoisotopic (exact) mass is 621 g/mol. The number of alkyl halides is 3. The molecule has 2 aliphatic heterocycles. The summed E-state index contributed by atoms with van der Waals surface area (Å²) in [6.45, 7) is 1.84. The highest BCUT2D eigenvalue weighted by molar-refractivity contribution is 5.99. The zero-order valence-electron chi connectivity index (χ0n) is 25.6. The number of methoxy groups -OCH3 is 1. The maximum absolute atomic E-state index is 14.5. The molecule has 6 nitrogen and oxygen atoms in total. The zero-order valence-corrected chi connectivity index (χ0v) is 25.6. The molecule has 9 heteroatoms. The second-order valence-electron chi connectivity index (χ2n) is 13.7. The number of nitrogens with zero attached hydrogens (tertiary/aromatic N) is 1. The van der Waals surface area contributed by atoms with Crippen molar-refractivity contribution in [2.24, 2.45) is 17.3 Å². The van der Waals surface area contributed by atoms with E-state index >= 15 is 0 Å². The third-order valence-corrected chi connectivity index (χ3v) is 11.5. The third-order valence-electron chi connectivity index (χ3n) is 11.5. The summed E-state index contributed by atoms with van der Waals surface area (Å²) in [4.78, 5) is 13.8. The van der Waals surface area contributed by atoms with E-state index in [1.165, 1.54) is 30.9 Å². The minimum atomic E-state index is -4.91. The first-order chi connectivity index (χ1) is 21.5. The number of allylic oxidation sites excluding steroid dienone is 1. The molecular weight excluding hydrogens is 581 g/mol. The summed E-state index contributed by atoms with van der Waals surface area (Å²) >= 11 is 0. The van der Waals surface area contributed by atoms with Crippen LogP contribution >= 0.6 is 0 Å². The fourth-order valence-corrected chi connectivity index (χ4v) is 9.59. The standard InChI is InChI=1S/C36H39F3N2O4/c1-41(18-16-23-10-5-3-6-11-23)19-17-34-26-14-9-15-30(34)45-35(31(44-2)22-29(42)25(32(34)35)21-28(26)41)40-33(43)27(36(37,38)39)20-24-12-7-4-8-13-24/h3-8,10-13,20,22,26,28,30,32H,9,14-19,21H2,1-2H3,(H-,40,42,43)/p+1/t26-,28+,30-,32?,34+,35?,41?/m0/s1. The highest BCUT2D eigenvalue weighted by Crippen LogP contribution is 2.71. The Kier molecular flexibility index (Phi) is 7.20. The van der Waals surface area contributed by atoms with Crippen LogP contribution in [0, 0.1) is 17.3 Å². The Bertz CT molecular complexity index is 1570. The second-order valence-corrected chi connectivity index (χ2v) is 13.7. The van der Waals surface area contributed by atoms with Crippen LogP contribution in [0.3, 0.4) is 0 Å². The van der Waals surface area contributed by atoms with Crippen molar-refractivity contribution in [3.05, 3.63) is 101 Å². The van der Waals surface area contributed by atoms with Crippen LogP contribution < -0.4 is 5.32 Å². The summed E-state index contributed by atoms with van der Waals surface area (Å²) in [5, 5.41) is 14.3. The van der Waals surface area contributed by atoms with Crippen LogP contribution in [0.25, 0.3) is 6.08 Å². The van der Waals surface area contributed by atoms with Gasteiger partial charge in [-0.2, -0.15) is 13.2 Å². The molecule has 4 fully saturated rings. The summed E-state index contributed by atoms with van der Waals surface area (Å²) in [7, 11) is 3.73. The van der Waals surface area contributed by atoms with Gasteiger partial charge in [-0.25, -0.2) is 0 Å². The molecule has 1 amide bonds. The van der Waals surface area contributed by atoms with Gasteiger partial charge in [-0.05, 0) is 35.6 Å². The number of carbonyl (C=O) groups excluding carboxylic acids is 1. The van der Waals surface area contributed by atoms with Gasteiger partial charge >= 0.3 is 6.18 Å². The first kappa shape index (κ1) is 30.1. The van der Waals surface area contributed by atoms with Crippen molar-refractivity contribution in [2.75, 3.05) is 27.2 Å². The maximum Gasteiger partial charge on any atom is 0.421 e. The van der Waals surface area contributed by atoms with Gasteiger partial charge < -0.3 is 24.4 Å². The van der Waals surface area contributed by atoms with Gasteiger partial charge in [0.15, 0.2) is 5.76 Å². The van der Waals surface area contributed by atoms with Crippen LogP contribution in [-0.2, 0) is 20.7 Å². The number of hydrogen-bond donors (Lipinski definition) is 2. The number of amides is 1. The Hall–Kier alpha value is -3.56. The van der Waals surface area contributed by atoms with Gasteiger partial charge in [0.1, 0.15) is 11.3 Å². The van der Waals surface area contributed by atoms with Crippen LogP contribution in [0.4, 0.5) is 13.2 Å². The van der Waals surface area contributed by atoms with Gasteiger partial charge in [-0.3, -0.25) is 4.79 Å². The third kappa shape index (κ3) is 4.64. The first-order valence-corrected chi connectivity index (χ1v) is 15.9. The van der Waals surface area contributed by atoms with E-state index in [1.54, 1.807) is 18.2 Å². The van der Waals surface area contributed by atoms with Crippen molar-refractivity contribution < 1.29 is 37.0 Å². The van der Waals surface area contributed by atoms with Gasteiger partial charge in [-0.1, -0.05) is 67.1 Å². The van der Waals surface area contributed by atoms with Gasteiger partial charge in [0.25, 0.3) is 5.91 Å². The molecular formula is C36H40F3N2O4+. The van der Waals surface area contributed by atoms with Gasteiger partial charge in [0.2, 0.25) is 5.72 Å². The second kappa shape index (κ2) is 10.8. The van der Waals surface area contributed by atoms with Crippen LogP contribution in [-0.4, -0.2) is 66.8 Å². The number of piperidine rings is 1. The fraction of sp³-hybridized carbons (Fsp3) is 0.472. The Balaban J connectivity index is 1.29. The van der Waals surface area contributed by atoms with Gasteiger partial charge in [0.05, 0.1) is 39.4 Å². The predicted molar refractivity (Wildman–Crippen MR) is 163 cm³/mol. The number of rotatable bonds is 7. The number of likely N-dealkylation sites (tertiary alicyclic amines) is 1. The minimum absolute atomic E-state index is 0.0757. The normalized spacial score (nSPS) is 35.4. The first-order valence-electron chi connectivity index (χ1n) is 15.9. The fourth-order valence-electron chi connectivity index (χ4n) is 9.59. The van der Waals surface area contributed by atoms with Crippen LogP contribution in [0.2, 0.25) is 0 Å². The Labute approximate surface area is 261 Å². The van der Waals surface area contributed by atoms with E-state index in [0.717, 1.165) is 61.3 Å². The molecule has 5 aliphatic rings. The number of aliphatic hydroxyl groups is 1. The molecule has 0 radical (unpaired) electrons. The molecule has 1 spiro atoms. The number of ether oxygens (including phenoxy) is 2. The molecule has 2 saturated heterocycles. The Morgan fingerprint density at radius 1 is 1.13 bits per heavy atom. The van der Waals surface area contributed by atoms with E-state index in [1.807, 2.05) is 6.07 Å². The largest absolute Gasteiger partial charge is 0.508 e. The summed E-state index contributed by atoms with van der Waals surface area (Å²) in [5.74, 6) is -1.37. The molecule has 3 aliphatic carbocycles. The smallest absolute Gasteiger partial charge is 0.421 e. The topological polar surface area (TPSA) is 67.8 Å². The van der Waals surface area contributed by atoms with Crippen molar-refractivity contribution in [3.63, 3.8) is 0 Å². The van der Waals surface area contributed by atoms with Gasteiger partial charge in [0, 0.05) is 42.6 Å². The van der Waals surface area contributed by atoms with E-state index in [-0.39, 0.29) is 35.1 Å². The number of benzene rings is 2. The highest BCUT2D eigenvalue weighted by atomic mass is 19.4. The lowest BCUT2D eigenvalue weighted by Crippen LogP contribution is -2.72. The molecule has 2 saturated carbocycles. The van der Waals surface area contributed by atoms with E-state index < -0.39 is 34.7 Å². The molecule has 238 valence electrons. The minimum Gasteiger partial charge on any atom is -0.508 e. The summed E-state index contributed by atoms with van der Waals surface area (Å²) in [6, 6.07) is 18.7. The van der Waals surface area contributed by atoms with Crippen molar-refractivity contribution in [1.29, 1.82) is 0 Å². The summed E-state index contributed by atoms with van der Waals surface area (Å²) in [5.41, 5.74) is -1.10. The molecule has 7 atom stereocenters. The number of hydrogen-bond acceptors (Lipinski definition) is 4. The SMILES string of the molecule is COC1=CC(O)=C2C[C@@H]3[C@@H]4CCC[C@@H]5OC1(NC(=O)C(=Cc1ccccc1)C(F)(F)F)C2[C@@]54CC[N+]3(C)CCc1ccccc1. The number of carbonyl (C=O) groups is 1. The lowest BCUT2D eigenvalue weighted by Gasteiger charge is -2.64. The molecule has 45 heavy (non-hydrogen) atoms. The quantitative estimate of drug-likeness (QED) is 0.275. The zero-order chi connectivity index (χ0) is 31.6. The molecule has 2 aromatic carbocycles. The van der Waals surface area contributed by atoms with Crippen molar-refractivity contribution >= 4 is 12.0 Å². The maximum atomic E-state index is 14.5. The lowest BCUT2D eigenvalue weighted by atomic mass is 9.46. The average Bonchev–Trinajstić information content (AvgIpc) is 3.31. The number of aliphatic hydroxyl groups excluding tert-OH is 1.